The first-order chi connectivity index (χ1) is 8.53. The molecule has 1 aromatic rings. The van der Waals surface area contributed by atoms with Gasteiger partial charge in [-0.3, -0.25) is 0 Å². The van der Waals surface area contributed by atoms with Crippen LogP contribution in [-0.2, 0) is 14.9 Å². The van der Waals surface area contributed by atoms with E-state index < -0.39 is 0 Å². The molecule has 0 saturated carbocycles. The van der Waals surface area contributed by atoms with Crippen LogP contribution >= 0.6 is 0 Å². The Bertz CT molecular complexity index is 413. The first-order valence-electron chi connectivity index (χ1n) is 6.71. The van der Waals surface area contributed by atoms with Crippen LogP contribution in [0.5, 0.6) is 0 Å². The van der Waals surface area contributed by atoms with Crippen molar-refractivity contribution in [2.24, 2.45) is 0 Å². The zero-order valence-electron chi connectivity index (χ0n) is 11.5. The Kier molecular flexibility index (Phi) is 3.86. The van der Waals surface area contributed by atoms with Gasteiger partial charge < -0.3 is 9.53 Å². The maximum absolute atomic E-state index is 11.2. The van der Waals surface area contributed by atoms with E-state index in [1.54, 1.807) is 6.92 Å². The summed E-state index contributed by atoms with van der Waals surface area (Å²) >= 11 is 0. The normalized spacial score (nSPS) is 17.6. The third-order valence-electron chi connectivity index (χ3n) is 3.90. The van der Waals surface area contributed by atoms with Crippen molar-refractivity contribution in [3.05, 3.63) is 35.4 Å². The molecular weight excluding hydrogens is 224 g/mol. The minimum absolute atomic E-state index is 0.0845. The van der Waals surface area contributed by atoms with Crippen molar-refractivity contribution in [3.8, 4) is 0 Å². The molecular formula is C16H22O2. The molecule has 0 radical (unpaired) electrons. The predicted molar refractivity (Wildman–Crippen MR) is 72.9 cm³/mol. The van der Waals surface area contributed by atoms with Crippen LogP contribution in [0, 0.1) is 0 Å². The van der Waals surface area contributed by atoms with Gasteiger partial charge in [0, 0.05) is 11.8 Å². The number of Topliss-reactive ketones (excluding diaryl/α,β-unsaturated/α-hetero) is 1. The predicted octanol–water partition coefficient (Wildman–Crippen LogP) is 3.45. The summed E-state index contributed by atoms with van der Waals surface area (Å²) in [5, 5.41) is 0. The molecule has 1 aromatic carbocycles. The van der Waals surface area contributed by atoms with Gasteiger partial charge in [0.05, 0.1) is 13.2 Å². The van der Waals surface area contributed by atoms with E-state index in [0.717, 1.165) is 19.6 Å². The van der Waals surface area contributed by atoms with Gasteiger partial charge >= 0.3 is 0 Å². The second kappa shape index (κ2) is 5.23. The summed E-state index contributed by atoms with van der Waals surface area (Å²) in [6.45, 7) is 7.57. The zero-order valence-corrected chi connectivity index (χ0v) is 11.5. The van der Waals surface area contributed by atoms with Gasteiger partial charge in [0.15, 0.2) is 0 Å². The van der Waals surface area contributed by atoms with Crippen molar-refractivity contribution in [1.29, 1.82) is 0 Å². The highest BCUT2D eigenvalue weighted by molar-refractivity contribution is 5.75. The van der Waals surface area contributed by atoms with E-state index in [9.17, 15) is 4.79 Å². The molecule has 1 aliphatic rings. The molecule has 1 fully saturated rings. The van der Waals surface area contributed by atoms with Gasteiger partial charge in [-0.25, -0.2) is 0 Å². The lowest BCUT2D eigenvalue weighted by atomic mass is 9.74. The summed E-state index contributed by atoms with van der Waals surface area (Å²) in [6.07, 6.45) is 1.55. The molecule has 1 aliphatic heterocycles. The molecule has 18 heavy (non-hydrogen) atoms. The van der Waals surface area contributed by atoms with Crippen molar-refractivity contribution in [3.63, 3.8) is 0 Å². The molecule has 2 rings (SSSR count). The van der Waals surface area contributed by atoms with E-state index in [1.165, 1.54) is 11.1 Å². The fraction of sp³-hybridized carbons (Fsp3) is 0.562. The summed E-state index contributed by atoms with van der Waals surface area (Å²) in [4.78, 5) is 11.2. The topological polar surface area (TPSA) is 26.3 Å². The number of carbonyl (C=O) groups excluding carboxylic acids is 1. The molecule has 2 heteroatoms. The SMILES string of the molecule is CC(=O)CCC1(c2ccc(C(C)C)cc2)COC1. The van der Waals surface area contributed by atoms with Crippen LogP contribution in [-0.4, -0.2) is 19.0 Å². The molecule has 2 nitrogen and oxygen atoms in total. The van der Waals surface area contributed by atoms with Crippen LogP contribution in [0.3, 0.4) is 0 Å². The largest absolute Gasteiger partial charge is 0.379 e. The number of hydrogen-bond donors (Lipinski definition) is 0. The van der Waals surface area contributed by atoms with Crippen molar-refractivity contribution in [2.45, 2.75) is 44.9 Å². The number of ketones is 1. The minimum Gasteiger partial charge on any atom is -0.379 e. The Hall–Kier alpha value is -1.15. The van der Waals surface area contributed by atoms with Crippen molar-refractivity contribution in [1.82, 2.24) is 0 Å². The smallest absolute Gasteiger partial charge is 0.129 e. The molecule has 0 spiro atoms. The van der Waals surface area contributed by atoms with Gasteiger partial charge in [0.2, 0.25) is 0 Å². The summed E-state index contributed by atoms with van der Waals surface area (Å²) in [7, 11) is 0. The third-order valence-corrected chi connectivity index (χ3v) is 3.90. The quantitative estimate of drug-likeness (QED) is 0.795. The van der Waals surface area contributed by atoms with Crippen LogP contribution in [0.15, 0.2) is 24.3 Å². The van der Waals surface area contributed by atoms with E-state index in [-0.39, 0.29) is 11.2 Å². The number of ether oxygens (including phenoxy) is 1. The number of rotatable bonds is 5. The Morgan fingerprint density at radius 2 is 1.89 bits per heavy atom. The highest BCUT2D eigenvalue weighted by Crippen LogP contribution is 2.37. The number of benzene rings is 1. The molecule has 0 amide bonds. The van der Waals surface area contributed by atoms with Crippen molar-refractivity contribution >= 4 is 5.78 Å². The third kappa shape index (κ3) is 2.64. The molecule has 1 heterocycles. The van der Waals surface area contributed by atoms with Gasteiger partial charge in [0.25, 0.3) is 0 Å². The van der Waals surface area contributed by atoms with Crippen LogP contribution in [0.2, 0.25) is 0 Å². The molecule has 0 bridgehead atoms. The molecule has 0 N–H and O–H groups in total. The Balaban J connectivity index is 2.14. The summed E-state index contributed by atoms with van der Waals surface area (Å²) in [5.74, 6) is 0.824. The highest BCUT2D eigenvalue weighted by Gasteiger charge is 2.39. The Morgan fingerprint density at radius 1 is 1.28 bits per heavy atom. The fourth-order valence-corrected chi connectivity index (χ4v) is 2.44. The lowest BCUT2D eigenvalue weighted by Crippen LogP contribution is -2.46. The summed E-state index contributed by atoms with van der Waals surface area (Å²) < 4.78 is 5.39. The average molecular weight is 246 g/mol. The molecule has 0 unspecified atom stereocenters. The van der Waals surface area contributed by atoms with Gasteiger partial charge in [-0.05, 0) is 30.4 Å². The highest BCUT2D eigenvalue weighted by atomic mass is 16.5. The van der Waals surface area contributed by atoms with Crippen molar-refractivity contribution < 1.29 is 9.53 Å². The second-order valence-electron chi connectivity index (χ2n) is 5.75. The first kappa shape index (κ1) is 13.3. The molecule has 98 valence electrons. The second-order valence-corrected chi connectivity index (χ2v) is 5.75. The van der Waals surface area contributed by atoms with E-state index in [0.29, 0.717) is 12.3 Å². The van der Waals surface area contributed by atoms with E-state index in [4.69, 9.17) is 4.74 Å². The summed E-state index contributed by atoms with van der Waals surface area (Å²) in [6, 6.07) is 8.82. The van der Waals surface area contributed by atoms with Crippen LogP contribution in [0.4, 0.5) is 0 Å². The Morgan fingerprint density at radius 3 is 2.28 bits per heavy atom. The van der Waals surface area contributed by atoms with E-state index >= 15 is 0 Å². The number of hydrogen-bond acceptors (Lipinski definition) is 2. The van der Waals surface area contributed by atoms with Crippen LogP contribution < -0.4 is 0 Å². The monoisotopic (exact) mass is 246 g/mol. The molecule has 0 aromatic heterocycles. The fourth-order valence-electron chi connectivity index (χ4n) is 2.44. The van der Waals surface area contributed by atoms with Gasteiger partial charge in [0.1, 0.15) is 5.78 Å². The van der Waals surface area contributed by atoms with Crippen LogP contribution in [0.1, 0.15) is 50.7 Å². The van der Waals surface area contributed by atoms with E-state index in [2.05, 4.69) is 38.1 Å². The van der Waals surface area contributed by atoms with Gasteiger partial charge in [-0.1, -0.05) is 38.1 Å². The maximum Gasteiger partial charge on any atom is 0.129 e. The van der Waals surface area contributed by atoms with Gasteiger partial charge in [-0.15, -0.1) is 0 Å². The molecule has 1 saturated heterocycles. The van der Waals surface area contributed by atoms with Crippen molar-refractivity contribution in [2.75, 3.05) is 13.2 Å². The maximum atomic E-state index is 11.2. The van der Waals surface area contributed by atoms with Gasteiger partial charge in [-0.2, -0.15) is 0 Å². The first-order valence-corrected chi connectivity index (χ1v) is 6.71. The van der Waals surface area contributed by atoms with Crippen LogP contribution in [0.25, 0.3) is 0 Å². The molecule has 0 atom stereocenters. The molecule has 0 aliphatic carbocycles. The number of carbonyl (C=O) groups is 1. The Labute approximate surface area is 109 Å². The lowest BCUT2D eigenvalue weighted by molar-refractivity contribution is -0.119. The summed E-state index contributed by atoms with van der Waals surface area (Å²) in [5.41, 5.74) is 2.77. The van der Waals surface area contributed by atoms with E-state index in [1.807, 2.05) is 0 Å². The minimum atomic E-state index is 0.0845. The lowest BCUT2D eigenvalue weighted by Gasteiger charge is -2.42. The average Bonchev–Trinajstić information content (AvgIpc) is 2.28. The zero-order chi connectivity index (χ0) is 13.2. The standard InChI is InChI=1S/C16H22O2/c1-12(2)14-4-6-15(7-5-14)16(10-18-11-16)9-8-13(3)17/h4-7,12H,8-11H2,1-3H3.